The lowest BCUT2D eigenvalue weighted by atomic mass is 9.64. The maximum Gasteiger partial charge on any atom is 0.446 e. The van der Waals surface area contributed by atoms with E-state index < -0.39 is 62.3 Å². The molecule has 1 aromatic heterocycles. The highest BCUT2D eigenvalue weighted by Gasteiger charge is 2.50. The van der Waals surface area contributed by atoms with Gasteiger partial charge >= 0.3 is 28.4 Å². The van der Waals surface area contributed by atoms with Gasteiger partial charge in [-0.1, -0.05) is 32.0 Å². The van der Waals surface area contributed by atoms with E-state index in [-0.39, 0.29) is 78.9 Å². The summed E-state index contributed by atoms with van der Waals surface area (Å²) in [4.78, 5) is 65.9. The van der Waals surface area contributed by atoms with Crippen LogP contribution in [-0.4, -0.2) is 82.3 Å². The van der Waals surface area contributed by atoms with Crippen LogP contribution in [0.1, 0.15) is 74.9 Å². The Morgan fingerprint density at radius 2 is 1.41 bits per heavy atom. The van der Waals surface area contributed by atoms with Crippen molar-refractivity contribution < 1.29 is 61.2 Å². The molecule has 0 aliphatic rings. The normalized spacial score (nSPS) is 14.8. The molecule has 20 heteroatoms. The van der Waals surface area contributed by atoms with E-state index in [1.165, 1.54) is 62.4 Å². The van der Waals surface area contributed by atoms with E-state index in [1.54, 1.807) is 44.2 Å². The van der Waals surface area contributed by atoms with E-state index >= 15 is 0 Å². The van der Waals surface area contributed by atoms with Gasteiger partial charge in [0.25, 0.3) is 0 Å². The number of nitrogens with two attached hydrogens (primary N) is 2. The van der Waals surface area contributed by atoms with Crippen LogP contribution < -0.4 is 31.6 Å². The van der Waals surface area contributed by atoms with Crippen molar-refractivity contribution in [3.63, 3.8) is 0 Å². The number of rotatable bonds is 21. The smallest absolute Gasteiger partial charge is 0.446 e. The average molecular weight is 895 g/mol. The summed E-state index contributed by atoms with van der Waals surface area (Å²) in [6.45, 7) is 7.47. The lowest BCUT2D eigenvalue weighted by molar-refractivity contribution is -0.158. The fourth-order valence-electron chi connectivity index (χ4n) is 7.71. The topological polar surface area (TPSA) is 312 Å². The van der Waals surface area contributed by atoms with E-state index in [1.807, 2.05) is 6.92 Å². The van der Waals surface area contributed by atoms with E-state index in [4.69, 9.17) is 20.8 Å². The fourth-order valence-corrected chi connectivity index (χ4v) is 8.06. The maximum absolute atomic E-state index is 14.4. The highest BCUT2D eigenvalue weighted by molar-refractivity contribution is 7.81. The zero-order chi connectivity index (χ0) is 46.9. The number of urea groups is 1. The van der Waals surface area contributed by atoms with Gasteiger partial charge in [0.15, 0.2) is 0 Å². The number of para-hydroxylation sites is 1. The lowest BCUT2D eigenvalue weighted by Gasteiger charge is -2.40. The highest BCUT2D eigenvalue weighted by atomic mass is 32.3. The number of hydrogen-bond acceptors (Lipinski definition) is 12. The van der Waals surface area contributed by atoms with E-state index in [9.17, 15) is 47.7 Å². The Hall–Kier alpha value is -6.64. The zero-order valence-corrected chi connectivity index (χ0v) is 36.3. The fraction of sp³-hybridized carbons (Fsp3) is 0.372. The number of esters is 1. The first-order valence-electron chi connectivity index (χ1n) is 19.8. The zero-order valence-electron chi connectivity index (χ0n) is 35.5. The summed E-state index contributed by atoms with van der Waals surface area (Å²) >= 11 is 0. The standard InChI is InChI=1S/C43H54N6O13S/c1-6-41(3,38(55)47-29-14-12-28(13-15-29)36(52)53)22-27(24-44)23-42(4,39(56)61-21-20-46-40(57)48-30-16-18-32(19-17-30)62-63(58,59)60)25-43(5,37(45)54)33-26(2)34(50)49(35(33)51)31-10-8-7-9-11-31/h7-19,27,50-51H,6,20-25,44H2,1-5H3,(H2,45,54)(H,47,55)(H,52,53)(H2,46,48,57)(H,58,59,60). The quantitative estimate of drug-likeness (QED) is 0.0302. The molecule has 0 spiro atoms. The number of primary amides is 1. The Bertz CT molecular complexity index is 2410. The molecule has 3 aromatic carbocycles. The summed E-state index contributed by atoms with van der Waals surface area (Å²) < 4.78 is 42.0. The Balaban J connectivity index is 1.62. The van der Waals surface area contributed by atoms with Gasteiger partial charge in [0.05, 0.1) is 28.6 Å². The number of carbonyl (C=O) groups is 5. The minimum absolute atomic E-state index is 0.0214. The predicted molar refractivity (Wildman–Crippen MR) is 232 cm³/mol. The number of hydrogen-bond donors (Lipinski definition) is 9. The van der Waals surface area contributed by atoms with Crippen molar-refractivity contribution in [1.82, 2.24) is 9.88 Å². The molecular formula is C43H54N6O13S. The summed E-state index contributed by atoms with van der Waals surface area (Å²) in [7, 11) is -4.75. The van der Waals surface area contributed by atoms with E-state index in [0.29, 0.717) is 17.8 Å². The molecular weight excluding hydrogens is 841 g/mol. The van der Waals surface area contributed by atoms with Crippen LogP contribution in [0.5, 0.6) is 17.5 Å². The van der Waals surface area contributed by atoms with Crippen molar-refractivity contribution in [3.05, 3.63) is 95.6 Å². The minimum Gasteiger partial charge on any atom is -0.494 e. The molecule has 0 radical (unpaired) electrons. The van der Waals surface area contributed by atoms with Crippen LogP contribution in [-0.2, 0) is 34.9 Å². The number of carbonyl (C=O) groups excluding carboxylic acids is 4. The van der Waals surface area contributed by atoms with Gasteiger partial charge in [0, 0.05) is 27.9 Å². The molecule has 19 nitrogen and oxygen atoms in total. The number of anilines is 2. The van der Waals surface area contributed by atoms with Gasteiger partial charge in [-0.3, -0.25) is 23.5 Å². The molecule has 4 unspecified atom stereocenters. The minimum atomic E-state index is -4.75. The van der Waals surface area contributed by atoms with Crippen LogP contribution in [0.2, 0.25) is 0 Å². The molecule has 0 saturated heterocycles. The monoisotopic (exact) mass is 894 g/mol. The molecule has 4 atom stereocenters. The van der Waals surface area contributed by atoms with Gasteiger partial charge in [0.2, 0.25) is 23.6 Å². The Morgan fingerprint density at radius 1 is 0.841 bits per heavy atom. The van der Waals surface area contributed by atoms with Gasteiger partial charge in [-0.05, 0) is 120 Å². The molecule has 340 valence electrons. The molecule has 0 aliphatic carbocycles. The summed E-state index contributed by atoms with van der Waals surface area (Å²) in [5.41, 5.74) is 9.09. The first-order chi connectivity index (χ1) is 29.5. The van der Waals surface area contributed by atoms with Crippen LogP contribution in [0.15, 0.2) is 78.9 Å². The number of carboxylic acid groups (broad SMARTS) is 1. The second-order valence-corrected chi connectivity index (χ2v) is 17.1. The highest BCUT2D eigenvalue weighted by Crippen LogP contribution is 2.50. The first-order valence-corrected chi connectivity index (χ1v) is 21.2. The van der Waals surface area contributed by atoms with Crippen molar-refractivity contribution in [3.8, 4) is 23.2 Å². The maximum atomic E-state index is 14.4. The number of ether oxygens (including phenoxy) is 1. The lowest BCUT2D eigenvalue weighted by Crippen LogP contribution is -2.47. The van der Waals surface area contributed by atoms with Crippen LogP contribution in [0.3, 0.4) is 0 Å². The van der Waals surface area contributed by atoms with Gasteiger partial charge < -0.3 is 51.7 Å². The number of aromatic nitrogens is 1. The number of amides is 4. The van der Waals surface area contributed by atoms with Crippen LogP contribution in [0, 0.1) is 23.7 Å². The molecule has 0 fully saturated rings. The number of aromatic carboxylic acids is 1. The Kier molecular flexibility index (Phi) is 15.6. The number of carboxylic acids is 1. The third kappa shape index (κ3) is 12.1. The average Bonchev–Trinajstić information content (AvgIpc) is 3.45. The van der Waals surface area contributed by atoms with Crippen molar-refractivity contribution in [2.24, 2.45) is 28.2 Å². The van der Waals surface area contributed by atoms with Gasteiger partial charge in [-0.25, -0.2) is 9.59 Å². The molecule has 11 N–H and O–H groups in total. The number of nitrogens with one attached hydrogen (secondary N) is 3. The van der Waals surface area contributed by atoms with E-state index in [0.717, 1.165) is 4.57 Å². The van der Waals surface area contributed by atoms with Crippen molar-refractivity contribution in [2.75, 3.05) is 30.3 Å². The molecule has 0 bridgehead atoms. The second kappa shape index (κ2) is 20.0. The summed E-state index contributed by atoms with van der Waals surface area (Å²) in [5, 5.41) is 40.1. The van der Waals surface area contributed by atoms with Crippen molar-refractivity contribution in [1.29, 1.82) is 0 Å². The largest absolute Gasteiger partial charge is 0.494 e. The van der Waals surface area contributed by atoms with E-state index in [2.05, 4.69) is 20.1 Å². The number of benzene rings is 3. The first kappa shape index (κ1) is 49.0. The molecule has 0 aliphatic heterocycles. The van der Waals surface area contributed by atoms with Crippen LogP contribution in [0.4, 0.5) is 16.2 Å². The van der Waals surface area contributed by atoms with Crippen molar-refractivity contribution in [2.45, 2.75) is 65.7 Å². The van der Waals surface area contributed by atoms with Gasteiger partial charge in [0.1, 0.15) is 12.4 Å². The predicted octanol–water partition coefficient (Wildman–Crippen LogP) is 4.99. The number of nitrogens with zero attached hydrogens (tertiary/aromatic N) is 1. The number of aromatic hydroxyl groups is 2. The summed E-state index contributed by atoms with van der Waals surface area (Å²) in [5.74, 6) is -4.88. The third-order valence-electron chi connectivity index (χ3n) is 11.2. The molecule has 0 saturated carbocycles. The summed E-state index contributed by atoms with van der Waals surface area (Å²) in [6.07, 6.45) is 0.0544. The SMILES string of the molecule is CCC(C)(CC(CN)CC(C)(CC(C)(C(N)=O)c1c(C)c(O)n(-c2ccccc2)c1O)C(=O)OCCNC(=O)Nc1ccc(OS(=O)(=O)O)cc1)C(=O)Nc1ccc(C(=O)O)cc1. The van der Waals surface area contributed by atoms with Gasteiger partial charge in [-0.2, -0.15) is 8.42 Å². The van der Waals surface area contributed by atoms with Crippen molar-refractivity contribution >= 4 is 51.6 Å². The summed E-state index contributed by atoms with van der Waals surface area (Å²) in [6, 6.07) is 18.3. The Morgan fingerprint density at radius 3 is 1.95 bits per heavy atom. The third-order valence-corrected chi connectivity index (χ3v) is 11.6. The van der Waals surface area contributed by atoms with Crippen LogP contribution in [0.25, 0.3) is 5.69 Å². The molecule has 63 heavy (non-hydrogen) atoms. The second-order valence-electron chi connectivity index (χ2n) is 16.1. The molecule has 1 heterocycles. The van der Waals surface area contributed by atoms with Crippen LogP contribution >= 0.6 is 0 Å². The van der Waals surface area contributed by atoms with Gasteiger partial charge in [-0.15, -0.1) is 0 Å². The Labute approximate surface area is 364 Å². The molecule has 4 amide bonds. The molecule has 4 rings (SSSR count). The molecule has 4 aromatic rings.